The fourth-order valence-corrected chi connectivity index (χ4v) is 3.12. The van der Waals surface area contributed by atoms with E-state index in [-0.39, 0.29) is 12.0 Å². The van der Waals surface area contributed by atoms with Gasteiger partial charge in [-0.15, -0.1) is 11.3 Å². The molecule has 2 N–H and O–H groups in total. The van der Waals surface area contributed by atoms with Crippen molar-refractivity contribution < 1.29 is 5.11 Å². The summed E-state index contributed by atoms with van der Waals surface area (Å²) in [7, 11) is 0. The molecule has 5 heteroatoms. The Morgan fingerprint density at radius 3 is 2.84 bits per heavy atom. The number of aryl methyl sites for hydroxylation is 2. The third kappa shape index (κ3) is 3.35. The number of aromatic nitrogens is 2. The molecule has 19 heavy (non-hydrogen) atoms. The zero-order valence-electron chi connectivity index (χ0n) is 12.2. The first-order valence-electron chi connectivity index (χ1n) is 6.68. The van der Waals surface area contributed by atoms with Crippen molar-refractivity contribution in [2.45, 2.75) is 40.7 Å². The van der Waals surface area contributed by atoms with Crippen molar-refractivity contribution in [2.75, 3.05) is 13.2 Å². The summed E-state index contributed by atoms with van der Waals surface area (Å²) < 4.78 is 2.18. The summed E-state index contributed by atoms with van der Waals surface area (Å²) >= 11 is 1.73. The second-order valence-electron chi connectivity index (χ2n) is 5.88. The summed E-state index contributed by atoms with van der Waals surface area (Å²) in [6.45, 7) is 10.5. The first kappa shape index (κ1) is 14.5. The Balaban J connectivity index is 2.03. The molecule has 4 nitrogen and oxygen atoms in total. The molecule has 2 rings (SSSR count). The van der Waals surface area contributed by atoms with Gasteiger partial charge in [-0.1, -0.05) is 13.8 Å². The van der Waals surface area contributed by atoms with Crippen LogP contribution in [0.3, 0.4) is 0 Å². The van der Waals surface area contributed by atoms with Gasteiger partial charge in [0.2, 0.25) is 0 Å². The van der Waals surface area contributed by atoms with Crippen LogP contribution in [0.15, 0.2) is 6.20 Å². The molecule has 0 saturated carbocycles. The number of nitrogens with one attached hydrogen (secondary N) is 1. The second kappa shape index (κ2) is 5.61. The van der Waals surface area contributed by atoms with Gasteiger partial charge in [0.25, 0.3) is 0 Å². The molecule has 106 valence electrons. The van der Waals surface area contributed by atoms with Gasteiger partial charge in [0, 0.05) is 30.8 Å². The highest BCUT2D eigenvalue weighted by Gasteiger charge is 2.17. The molecule has 0 aliphatic rings. The molecule has 0 amide bonds. The van der Waals surface area contributed by atoms with Crippen molar-refractivity contribution in [3.63, 3.8) is 0 Å². The van der Waals surface area contributed by atoms with E-state index in [4.69, 9.17) is 5.11 Å². The number of hydrogen-bond acceptors (Lipinski definition) is 4. The van der Waals surface area contributed by atoms with Crippen LogP contribution in [0.25, 0.3) is 4.96 Å². The average molecular weight is 281 g/mol. The lowest BCUT2D eigenvalue weighted by molar-refractivity contribution is 0.207. The zero-order valence-corrected chi connectivity index (χ0v) is 13.0. The van der Waals surface area contributed by atoms with E-state index in [0.29, 0.717) is 0 Å². The van der Waals surface area contributed by atoms with E-state index < -0.39 is 0 Å². The molecule has 0 aliphatic heterocycles. The van der Waals surface area contributed by atoms with E-state index in [1.54, 1.807) is 11.3 Å². The third-order valence-electron chi connectivity index (χ3n) is 3.43. The monoisotopic (exact) mass is 281 g/mol. The SMILES string of the molecule is Cc1cn2c(CNCC(C)(C)CCO)c(C)nc2s1. The van der Waals surface area contributed by atoms with Gasteiger partial charge < -0.3 is 10.4 Å². The minimum atomic E-state index is 0.122. The highest BCUT2D eigenvalue weighted by atomic mass is 32.1. The maximum Gasteiger partial charge on any atom is 0.194 e. The number of hydrogen-bond donors (Lipinski definition) is 2. The molecule has 0 unspecified atom stereocenters. The summed E-state index contributed by atoms with van der Waals surface area (Å²) in [6.07, 6.45) is 2.97. The Morgan fingerprint density at radius 1 is 1.42 bits per heavy atom. The summed E-state index contributed by atoms with van der Waals surface area (Å²) in [5.74, 6) is 0. The van der Waals surface area contributed by atoms with Crippen molar-refractivity contribution in [3.05, 3.63) is 22.5 Å². The molecule has 0 aliphatic carbocycles. The van der Waals surface area contributed by atoms with Gasteiger partial charge in [0.15, 0.2) is 4.96 Å². The number of thiazole rings is 1. The van der Waals surface area contributed by atoms with Gasteiger partial charge in [-0.05, 0) is 25.7 Å². The molecule has 0 saturated heterocycles. The van der Waals surface area contributed by atoms with Crippen LogP contribution in [0, 0.1) is 19.3 Å². The Morgan fingerprint density at radius 2 is 2.16 bits per heavy atom. The molecule has 0 fully saturated rings. The van der Waals surface area contributed by atoms with E-state index in [2.05, 4.69) is 48.6 Å². The topological polar surface area (TPSA) is 49.6 Å². The van der Waals surface area contributed by atoms with E-state index in [1.807, 2.05) is 0 Å². The second-order valence-corrected chi connectivity index (χ2v) is 7.09. The molecule has 0 aromatic carbocycles. The van der Waals surface area contributed by atoms with E-state index in [1.165, 1.54) is 10.6 Å². The van der Waals surface area contributed by atoms with E-state index in [0.717, 1.165) is 30.2 Å². The minimum absolute atomic E-state index is 0.122. The molecule has 2 aromatic heterocycles. The van der Waals surface area contributed by atoms with Crippen molar-refractivity contribution in [2.24, 2.45) is 5.41 Å². The maximum absolute atomic E-state index is 9.03. The first-order valence-corrected chi connectivity index (χ1v) is 7.50. The van der Waals surface area contributed by atoms with E-state index in [9.17, 15) is 0 Å². The number of nitrogens with zero attached hydrogens (tertiary/aromatic N) is 2. The Kier molecular flexibility index (Phi) is 4.28. The normalized spacial score (nSPS) is 12.5. The largest absolute Gasteiger partial charge is 0.396 e. The number of rotatable bonds is 6. The first-order chi connectivity index (χ1) is 8.93. The van der Waals surface area contributed by atoms with Crippen molar-refractivity contribution in [3.8, 4) is 0 Å². The van der Waals surface area contributed by atoms with Crippen molar-refractivity contribution in [1.29, 1.82) is 0 Å². The quantitative estimate of drug-likeness (QED) is 0.855. The molecule has 0 spiro atoms. The van der Waals surface area contributed by atoms with Crippen LogP contribution in [0.1, 0.15) is 36.5 Å². The lowest BCUT2D eigenvalue weighted by Gasteiger charge is -2.23. The van der Waals surface area contributed by atoms with Gasteiger partial charge in [-0.2, -0.15) is 0 Å². The smallest absolute Gasteiger partial charge is 0.194 e. The summed E-state index contributed by atoms with van der Waals surface area (Å²) in [4.78, 5) is 6.94. The predicted molar refractivity (Wildman–Crippen MR) is 79.7 cm³/mol. The van der Waals surface area contributed by atoms with Crippen LogP contribution in [-0.4, -0.2) is 27.6 Å². The standard InChI is InChI=1S/C14H23N3OS/c1-10-8-17-12(11(2)16-13(17)19-10)7-15-9-14(3,4)5-6-18/h8,15,18H,5-7,9H2,1-4H3. The van der Waals surface area contributed by atoms with Gasteiger partial charge >= 0.3 is 0 Å². The molecular formula is C14H23N3OS. The Labute approximate surface area is 118 Å². The van der Waals surface area contributed by atoms with Crippen LogP contribution < -0.4 is 5.32 Å². The molecular weight excluding hydrogens is 258 g/mol. The molecule has 0 bridgehead atoms. The summed E-state index contributed by atoms with van der Waals surface area (Å²) in [6, 6.07) is 0. The summed E-state index contributed by atoms with van der Waals surface area (Å²) in [5.41, 5.74) is 2.45. The molecule has 0 atom stereocenters. The lowest BCUT2D eigenvalue weighted by Crippen LogP contribution is -2.30. The van der Waals surface area contributed by atoms with Gasteiger partial charge in [0.05, 0.1) is 11.4 Å². The predicted octanol–water partition coefficient (Wildman–Crippen LogP) is 2.51. The van der Waals surface area contributed by atoms with Crippen LogP contribution >= 0.6 is 11.3 Å². The lowest BCUT2D eigenvalue weighted by atomic mass is 9.90. The van der Waals surface area contributed by atoms with Crippen molar-refractivity contribution in [1.82, 2.24) is 14.7 Å². The van der Waals surface area contributed by atoms with Crippen LogP contribution in [-0.2, 0) is 6.54 Å². The molecule has 2 aromatic rings. The van der Waals surface area contributed by atoms with Crippen LogP contribution in [0.2, 0.25) is 0 Å². The number of aliphatic hydroxyl groups excluding tert-OH is 1. The number of imidazole rings is 1. The van der Waals surface area contributed by atoms with Gasteiger partial charge in [-0.25, -0.2) is 4.98 Å². The van der Waals surface area contributed by atoms with Crippen LogP contribution in [0.4, 0.5) is 0 Å². The highest BCUT2D eigenvalue weighted by molar-refractivity contribution is 7.17. The van der Waals surface area contributed by atoms with Gasteiger partial charge in [-0.3, -0.25) is 4.40 Å². The number of fused-ring (bicyclic) bond motifs is 1. The summed E-state index contributed by atoms with van der Waals surface area (Å²) in [5, 5.41) is 12.5. The van der Waals surface area contributed by atoms with Crippen molar-refractivity contribution >= 4 is 16.3 Å². The van der Waals surface area contributed by atoms with E-state index >= 15 is 0 Å². The number of aliphatic hydroxyl groups is 1. The fraction of sp³-hybridized carbons (Fsp3) is 0.643. The third-order valence-corrected chi connectivity index (χ3v) is 4.32. The molecule has 0 radical (unpaired) electrons. The highest BCUT2D eigenvalue weighted by Crippen LogP contribution is 2.21. The zero-order chi connectivity index (χ0) is 14.0. The van der Waals surface area contributed by atoms with Crippen LogP contribution in [0.5, 0.6) is 0 Å². The Bertz CT molecular complexity index is 556. The van der Waals surface area contributed by atoms with Gasteiger partial charge in [0.1, 0.15) is 0 Å². The maximum atomic E-state index is 9.03. The molecule has 2 heterocycles. The average Bonchev–Trinajstić information content (AvgIpc) is 2.76. The fourth-order valence-electron chi connectivity index (χ4n) is 2.23. The Hall–Kier alpha value is -0.910. The minimum Gasteiger partial charge on any atom is -0.396 e.